The number of hydrogen-bond acceptors (Lipinski definition) is 4. The summed E-state index contributed by atoms with van der Waals surface area (Å²) >= 11 is 1.34. The number of nitrogens with zero attached hydrogens (tertiary/aromatic N) is 2. The molecule has 0 aromatic heterocycles. The monoisotopic (exact) mass is 353 g/mol. The Kier molecular flexibility index (Phi) is 6.61. The second-order valence-corrected chi connectivity index (χ2v) is 6.58. The lowest BCUT2D eigenvalue weighted by atomic mass is 10.1. The lowest BCUT2D eigenvalue weighted by molar-refractivity contribution is -0.125. The van der Waals surface area contributed by atoms with Crippen molar-refractivity contribution in [3.05, 3.63) is 59.7 Å². The molecule has 0 aliphatic carbocycles. The molecule has 128 valence electrons. The molecule has 2 amide bonds. The normalized spacial score (nSPS) is 9.96. The van der Waals surface area contributed by atoms with Gasteiger partial charge in [0.05, 0.1) is 23.8 Å². The number of anilines is 1. The number of amides is 2. The highest BCUT2D eigenvalue weighted by molar-refractivity contribution is 8.00. The smallest absolute Gasteiger partial charge is 0.256 e. The number of carbonyl (C=O) groups is 2. The molecule has 0 saturated carbocycles. The largest absolute Gasteiger partial charge is 0.348 e. The number of hydrogen-bond donors (Lipinski definition) is 1. The van der Waals surface area contributed by atoms with Gasteiger partial charge in [-0.25, -0.2) is 0 Å². The number of nitriles is 1. The molecule has 0 fully saturated rings. The molecule has 6 heteroatoms. The highest BCUT2D eigenvalue weighted by atomic mass is 32.2. The molecule has 0 bridgehead atoms. The summed E-state index contributed by atoms with van der Waals surface area (Å²) in [6, 6.07) is 16.5. The van der Waals surface area contributed by atoms with E-state index in [2.05, 4.69) is 11.4 Å². The molecule has 2 rings (SSSR count). The zero-order chi connectivity index (χ0) is 18.2. The SMILES string of the molecule is CN(C)C(=O)CSc1ccccc1C(=O)Nc1ccc(CC#N)cc1. The summed E-state index contributed by atoms with van der Waals surface area (Å²) in [4.78, 5) is 26.6. The number of benzene rings is 2. The second kappa shape index (κ2) is 8.90. The molecule has 0 aliphatic heterocycles. The third-order valence-electron chi connectivity index (χ3n) is 3.48. The van der Waals surface area contributed by atoms with E-state index in [0.717, 1.165) is 10.5 Å². The predicted molar refractivity (Wildman–Crippen MR) is 99.6 cm³/mol. The topological polar surface area (TPSA) is 73.2 Å². The van der Waals surface area contributed by atoms with Crippen LogP contribution in [0.5, 0.6) is 0 Å². The Morgan fingerprint density at radius 2 is 1.80 bits per heavy atom. The van der Waals surface area contributed by atoms with Crippen molar-refractivity contribution in [3.8, 4) is 6.07 Å². The van der Waals surface area contributed by atoms with Gasteiger partial charge < -0.3 is 10.2 Å². The third kappa shape index (κ3) is 5.37. The minimum atomic E-state index is -0.228. The Morgan fingerprint density at radius 3 is 2.44 bits per heavy atom. The van der Waals surface area contributed by atoms with Gasteiger partial charge in [0.25, 0.3) is 5.91 Å². The molecule has 0 radical (unpaired) electrons. The van der Waals surface area contributed by atoms with Crippen LogP contribution in [0.3, 0.4) is 0 Å². The number of carbonyl (C=O) groups excluding carboxylic acids is 2. The Balaban J connectivity index is 2.08. The highest BCUT2D eigenvalue weighted by Crippen LogP contribution is 2.24. The van der Waals surface area contributed by atoms with Gasteiger partial charge in [0.2, 0.25) is 5.91 Å². The van der Waals surface area contributed by atoms with Crippen molar-refractivity contribution in [2.75, 3.05) is 25.2 Å². The highest BCUT2D eigenvalue weighted by Gasteiger charge is 2.13. The molecule has 0 atom stereocenters. The van der Waals surface area contributed by atoms with Crippen LogP contribution in [0.2, 0.25) is 0 Å². The van der Waals surface area contributed by atoms with Gasteiger partial charge in [-0.1, -0.05) is 24.3 Å². The van der Waals surface area contributed by atoms with Gasteiger partial charge in [-0.3, -0.25) is 9.59 Å². The number of thioether (sulfide) groups is 1. The second-order valence-electron chi connectivity index (χ2n) is 5.56. The van der Waals surface area contributed by atoms with Crippen LogP contribution < -0.4 is 5.32 Å². The minimum Gasteiger partial charge on any atom is -0.348 e. The van der Waals surface area contributed by atoms with Crippen molar-refractivity contribution in [1.29, 1.82) is 5.26 Å². The zero-order valence-electron chi connectivity index (χ0n) is 14.2. The van der Waals surface area contributed by atoms with Crippen molar-refractivity contribution in [1.82, 2.24) is 4.90 Å². The molecule has 2 aromatic rings. The van der Waals surface area contributed by atoms with E-state index in [4.69, 9.17) is 5.26 Å². The van der Waals surface area contributed by atoms with Gasteiger partial charge in [0, 0.05) is 24.7 Å². The molecular formula is C19H19N3O2S. The molecule has 0 saturated heterocycles. The number of rotatable bonds is 6. The quantitative estimate of drug-likeness (QED) is 0.810. The van der Waals surface area contributed by atoms with Crippen molar-refractivity contribution in [2.45, 2.75) is 11.3 Å². The summed E-state index contributed by atoms with van der Waals surface area (Å²) in [7, 11) is 3.41. The van der Waals surface area contributed by atoms with E-state index < -0.39 is 0 Å². The Morgan fingerprint density at radius 1 is 1.12 bits per heavy atom. The van der Waals surface area contributed by atoms with Gasteiger partial charge >= 0.3 is 0 Å². The maximum absolute atomic E-state index is 12.6. The number of nitrogens with one attached hydrogen (secondary N) is 1. The zero-order valence-corrected chi connectivity index (χ0v) is 15.0. The first-order chi connectivity index (χ1) is 12.0. The van der Waals surface area contributed by atoms with Crippen LogP contribution in [-0.2, 0) is 11.2 Å². The van der Waals surface area contributed by atoms with Gasteiger partial charge in [-0.2, -0.15) is 5.26 Å². The minimum absolute atomic E-state index is 0.00621. The van der Waals surface area contributed by atoms with E-state index in [0.29, 0.717) is 17.7 Å². The van der Waals surface area contributed by atoms with Crippen molar-refractivity contribution in [3.63, 3.8) is 0 Å². The van der Waals surface area contributed by atoms with E-state index in [1.165, 1.54) is 16.7 Å². The van der Waals surface area contributed by atoms with E-state index in [1.54, 1.807) is 38.4 Å². The molecule has 25 heavy (non-hydrogen) atoms. The molecule has 1 N–H and O–H groups in total. The summed E-state index contributed by atoms with van der Waals surface area (Å²) in [6.45, 7) is 0. The summed E-state index contributed by atoms with van der Waals surface area (Å²) in [5.74, 6) is 0.0434. The Bertz CT molecular complexity index is 795. The lowest BCUT2D eigenvalue weighted by Crippen LogP contribution is -2.23. The van der Waals surface area contributed by atoms with Gasteiger partial charge in [0.1, 0.15) is 0 Å². The van der Waals surface area contributed by atoms with Crippen molar-refractivity contribution >= 4 is 29.3 Å². The summed E-state index contributed by atoms with van der Waals surface area (Å²) in [5.41, 5.74) is 2.09. The fourth-order valence-electron chi connectivity index (χ4n) is 2.04. The van der Waals surface area contributed by atoms with Gasteiger partial charge in [-0.05, 0) is 29.8 Å². The van der Waals surface area contributed by atoms with Crippen LogP contribution in [0.1, 0.15) is 15.9 Å². The first kappa shape index (κ1) is 18.6. The Labute approximate surface area is 151 Å². The van der Waals surface area contributed by atoms with Crippen LogP contribution in [0.4, 0.5) is 5.69 Å². The van der Waals surface area contributed by atoms with E-state index in [1.807, 2.05) is 24.3 Å². The first-order valence-electron chi connectivity index (χ1n) is 7.70. The predicted octanol–water partition coefficient (Wildman–Crippen LogP) is 3.19. The summed E-state index contributed by atoms with van der Waals surface area (Å²) < 4.78 is 0. The maximum Gasteiger partial charge on any atom is 0.256 e. The molecule has 0 aliphatic rings. The molecule has 0 spiro atoms. The van der Waals surface area contributed by atoms with Crippen molar-refractivity contribution in [2.24, 2.45) is 0 Å². The molecule has 0 unspecified atom stereocenters. The van der Waals surface area contributed by atoms with Crippen LogP contribution in [0.25, 0.3) is 0 Å². The Hall–Kier alpha value is -2.78. The van der Waals surface area contributed by atoms with E-state index >= 15 is 0 Å². The van der Waals surface area contributed by atoms with Gasteiger partial charge in [-0.15, -0.1) is 11.8 Å². The first-order valence-corrected chi connectivity index (χ1v) is 8.69. The average molecular weight is 353 g/mol. The van der Waals surface area contributed by atoms with Crippen LogP contribution in [0.15, 0.2) is 53.4 Å². The lowest BCUT2D eigenvalue weighted by Gasteiger charge is -2.12. The van der Waals surface area contributed by atoms with E-state index in [-0.39, 0.29) is 17.6 Å². The van der Waals surface area contributed by atoms with Crippen molar-refractivity contribution < 1.29 is 9.59 Å². The molecule has 0 heterocycles. The maximum atomic E-state index is 12.6. The summed E-state index contributed by atoms with van der Waals surface area (Å²) in [5, 5.41) is 11.5. The molecule has 2 aromatic carbocycles. The fraction of sp³-hybridized carbons (Fsp3) is 0.211. The van der Waals surface area contributed by atoms with Crippen LogP contribution in [-0.4, -0.2) is 36.6 Å². The molecular weight excluding hydrogens is 334 g/mol. The third-order valence-corrected chi connectivity index (χ3v) is 4.53. The van der Waals surface area contributed by atoms with Gasteiger partial charge in [0.15, 0.2) is 0 Å². The van der Waals surface area contributed by atoms with Crippen LogP contribution in [0, 0.1) is 11.3 Å². The van der Waals surface area contributed by atoms with E-state index in [9.17, 15) is 9.59 Å². The average Bonchev–Trinajstić information content (AvgIpc) is 2.61. The molecule has 5 nitrogen and oxygen atoms in total. The standard InChI is InChI=1S/C19H19N3O2S/c1-22(2)18(23)13-25-17-6-4-3-5-16(17)19(24)21-15-9-7-14(8-10-15)11-12-20/h3-10H,11,13H2,1-2H3,(H,21,24). The van der Waals surface area contributed by atoms with Crippen LogP contribution >= 0.6 is 11.8 Å². The fourth-order valence-corrected chi connectivity index (χ4v) is 3.07. The summed E-state index contributed by atoms with van der Waals surface area (Å²) in [6.07, 6.45) is 0.341.